The molecule has 2 rings (SSSR count). The highest BCUT2D eigenvalue weighted by Gasteiger charge is 2.06. The van der Waals surface area contributed by atoms with Crippen molar-refractivity contribution in [2.45, 2.75) is 6.10 Å². The lowest BCUT2D eigenvalue weighted by Crippen LogP contribution is -2.25. The lowest BCUT2D eigenvalue weighted by molar-refractivity contribution is 0.0625. The first-order valence-corrected chi connectivity index (χ1v) is 5.98. The third-order valence-electron chi connectivity index (χ3n) is 2.42. The molecular weight excluding hydrogens is 247 g/mol. The van der Waals surface area contributed by atoms with Gasteiger partial charge in [0.1, 0.15) is 36.6 Å². The zero-order valence-corrected chi connectivity index (χ0v) is 10.3. The van der Waals surface area contributed by atoms with Crippen molar-refractivity contribution in [1.82, 2.24) is 0 Å². The zero-order chi connectivity index (χ0) is 13.5. The predicted octanol–water partition coefficient (Wildman–Crippen LogP) is 2.64. The molecule has 100 valence electrons. The van der Waals surface area contributed by atoms with Crippen LogP contribution in [0.25, 0.3) is 0 Å². The van der Waals surface area contributed by atoms with Gasteiger partial charge >= 0.3 is 0 Å². The van der Waals surface area contributed by atoms with Crippen LogP contribution in [-0.4, -0.2) is 24.4 Å². The molecule has 0 amide bonds. The molecule has 0 aromatic heterocycles. The molecule has 2 aromatic carbocycles. The van der Waals surface area contributed by atoms with E-state index in [1.54, 1.807) is 24.3 Å². The minimum absolute atomic E-state index is 0.0519. The van der Waals surface area contributed by atoms with Gasteiger partial charge < -0.3 is 14.6 Å². The number of aliphatic hydroxyl groups excluding tert-OH is 1. The third-order valence-corrected chi connectivity index (χ3v) is 2.42. The summed E-state index contributed by atoms with van der Waals surface area (Å²) < 4.78 is 23.5. The van der Waals surface area contributed by atoms with Crippen molar-refractivity contribution in [3.8, 4) is 11.5 Å². The molecule has 3 nitrogen and oxygen atoms in total. The number of halogens is 1. The van der Waals surface area contributed by atoms with Gasteiger partial charge in [-0.25, -0.2) is 4.39 Å². The minimum Gasteiger partial charge on any atom is -0.491 e. The third kappa shape index (κ3) is 4.60. The average molecular weight is 262 g/mol. The summed E-state index contributed by atoms with van der Waals surface area (Å²) in [4.78, 5) is 0. The van der Waals surface area contributed by atoms with Crippen LogP contribution < -0.4 is 9.47 Å². The maximum Gasteiger partial charge on any atom is 0.126 e. The Morgan fingerprint density at radius 3 is 2.21 bits per heavy atom. The van der Waals surface area contributed by atoms with E-state index in [2.05, 4.69) is 0 Å². The second-order valence-electron chi connectivity index (χ2n) is 4.05. The molecule has 0 aliphatic rings. The van der Waals surface area contributed by atoms with Crippen LogP contribution in [0.4, 0.5) is 4.39 Å². The van der Waals surface area contributed by atoms with E-state index in [1.807, 2.05) is 18.2 Å². The molecule has 0 fully saturated rings. The molecule has 2 aromatic rings. The van der Waals surface area contributed by atoms with Crippen LogP contribution >= 0.6 is 0 Å². The number of ether oxygens (including phenoxy) is 2. The molecule has 0 aliphatic carbocycles. The SMILES string of the molecule is OC(COc1ccccc1)COc1cccc(F)c1. The van der Waals surface area contributed by atoms with E-state index in [0.717, 1.165) is 0 Å². The first-order valence-electron chi connectivity index (χ1n) is 5.98. The van der Waals surface area contributed by atoms with Crippen molar-refractivity contribution in [2.24, 2.45) is 0 Å². The summed E-state index contributed by atoms with van der Waals surface area (Å²) in [7, 11) is 0. The first kappa shape index (κ1) is 13.4. The Morgan fingerprint density at radius 2 is 1.53 bits per heavy atom. The fourth-order valence-corrected chi connectivity index (χ4v) is 1.51. The fraction of sp³-hybridized carbons (Fsp3) is 0.200. The number of rotatable bonds is 6. The second kappa shape index (κ2) is 6.75. The van der Waals surface area contributed by atoms with Crippen LogP contribution in [0.3, 0.4) is 0 Å². The molecule has 0 bridgehead atoms. The van der Waals surface area contributed by atoms with E-state index >= 15 is 0 Å². The van der Waals surface area contributed by atoms with Crippen LogP contribution in [0.2, 0.25) is 0 Å². The molecule has 0 saturated carbocycles. The first-order chi connectivity index (χ1) is 9.24. The molecule has 1 atom stereocenters. The lowest BCUT2D eigenvalue weighted by atomic mass is 10.3. The molecule has 0 saturated heterocycles. The molecule has 4 heteroatoms. The molecule has 1 N–H and O–H groups in total. The molecule has 0 aliphatic heterocycles. The van der Waals surface area contributed by atoms with E-state index in [4.69, 9.17) is 9.47 Å². The predicted molar refractivity (Wildman–Crippen MR) is 69.8 cm³/mol. The lowest BCUT2D eigenvalue weighted by Gasteiger charge is -2.13. The molecule has 0 heterocycles. The Balaban J connectivity index is 1.74. The van der Waals surface area contributed by atoms with Crippen molar-refractivity contribution < 1.29 is 19.0 Å². The average Bonchev–Trinajstić information content (AvgIpc) is 2.44. The van der Waals surface area contributed by atoms with E-state index < -0.39 is 6.10 Å². The van der Waals surface area contributed by atoms with E-state index in [1.165, 1.54) is 12.1 Å². The van der Waals surface area contributed by atoms with Gasteiger partial charge in [-0.15, -0.1) is 0 Å². The van der Waals surface area contributed by atoms with Gasteiger partial charge in [-0.3, -0.25) is 0 Å². The van der Waals surface area contributed by atoms with E-state index in [-0.39, 0.29) is 19.0 Å². The van der Waals surface area contributed by atoms with Gasteiger partial charge in [-0.1, -0.05) is 24.3 Å². The van der Waals surface area contributed by atoms with Crippen molar-refractivity contribution in [3.63, 3.8) is 0 Å². The Hall–Kier alpha value is -2.07. The van der Waals surface area contributed by atoms with Gasteiger partial charge in [0.05, 0.1) is 0 Å². The van der Waals surface area contributed by atoms with Crippen molar-refractivity contribution in [2.75, 3.05) is 13.2 Å². The number of para-hydroxylation sites is 1. The summed E-state index contributed by atoms with van der Waals surface area (Å²) in [6.07, 6.45) is -0.775. The molecule has 0 radical (unpaired) electrons. The van der Waals surface area contributed by atoms with Crippen molar-refractivity contribution in [1.29, 1.82) is 0 Å². The highest BCUT2D eigenvalue weighted by atomic mass is 19.1. The Bertz CT molecular complexity index is 502. The van der Waals surface area contributed by atoms with Crippen LogP contribution in [0, 0.1) is 5.82 Å². The summed E-state index contributed by atoms with van der Waals surface area (Å²) >= 11 is 0. The van der Waals surface area contributed by atoms with Crippen LogP contribution in [0.5, 0.6) is 11.5 Å². The largest absolute Gasteiger partial charge is 0.491 e. The highest BCUT2D eigenvalue weighted by Crippen LogP contribution is 2.12. The number of hydrogen-bond donors (Lipinski definition) is 1. The normalized spacial score (nSPS) is 11.9. The zero-order valence-electron chi connectivity index (χ0n) is 10.3. The van der Waals surface area contributed by atoms with Crippen LogP contribution in [0.1, 0.15) is 0 Å². The van der Waals surface area contributed by atoms with E-state index in [9.17, 15) is 9.50 Å². The quantitative estimate of drug-likeness (QED) is 0.869. The topological polar surface area (TPSA) is 38.7 Å². The Labute approximate surface area is 111 Å². The van der Waals surface area contributed by atoms with Gasteiger partial charge in [0.15, 0.2) is 0 Å². The van der Waals surface area contributed by atoms with Gasteiger partial charge in [0, 0.05) is 6.07 Å². The monoisotopic (exact) mass is 262 g/mol. The van der Waals surface area contributed by atoms with E-state index in [0.29, 0.717) is 11.5 Å². The second-order valence-corrected chi connectivity index (χ2v) is 4.05. The molecular formula is C15H15FO3. The molecule has 19 heavy (non-hydrogen) atoms. The summed E-state index contributed by atoms with van der Waals surface area (Å²) in [5, 5.41) is 9.70. The smallest absolute Gasteiger partial charge is 0.126 e. The highest BCUT2D eigenvalue weighted by molar-refractivity contribution is 5.22. The van der Waals surface area contributed by atoms with Crippen LogP contribution in [0.15, 0.2) is 54.6 Å². The number of hydrogen-bond acceptors (Lipinski definition) is 3. The molecule has 0 spiro atoms. The minimum atomic E-state index is -0.775. The Morgan fingerprint density at radius 1 is 0.895 bits per heavy atom. The summed E-state index contributed by atoms with van der Waals surface area (Å²) in [5.74, 6) is 0.707. The number of aliphatic hydroxyl groups is 1. The standard InChI is InChI=1S/C15H15FO3/c16-12-5-4-8-15(9-12)19-11-13(17)10-18-14-6-2-1-3-7-14/h1-9,13,17H,10-11H2. The Kier molecular flexibility index (Phi) is 4.75. The number of benzene rings is 2. The van der Waals surface area contributed by atoms with Gasteiger partial charge in [-0.05, 0) is 24.3 Å². The summed E-state index contributed by atoms with van der Waals surface area (Å²) in [6, 6.07) is 15.0. The van der Waals surface area contributed by atoms with Gasteiger partial charge in [0.2, 0.25) is 0 Å². The van der Waals surface area contributed by atoms with Crippen molar-refractivity contribution >= 4 is 0 Å². The summed E-state index contributed by atoms with van der Waals surface area (Å²) in [5.41, 5.74) is 0. The van der Waals surface area contributed by atoms with Gasteiger partial charge in [0.25, 0.3) is 0 Å². The maximum absolute atomic E-state index is 12.9. The fourth-order valence-electron chi connectivity index (χ4n) is 1.51. The van der Waals surface area contributed by atoms with Crippen molar-refractivity contribution in [3.05, 3.63) is 60.4 Å². The van der Waals surface area contributed by atoms with Gasteiger partial charge in [-0.2, -0.15) is 0 Å². The summed E-state index contributed by atoms with van der Waals surface area (Å²) in [6.45, 7) is 0.176. The molecule has 1 unspecified atom stereocenters. The van der Waals surface area contributed by atoms with Crippen LogP contribution in [-0.2, 0) is 0 Å². The maximum atomic E-state index is 12.9.